The maximum Gasteiger partial charge on any atom is 0.0762 e. The SMILES string of the molecule is CCC(C)n1ccc(CNC2CCCC(CCl)C2)n1. The van der Waals surface area contributed by atoms with E-state index in [0.29, 0.717) is 18.0 Å². The Kier molecular flexibility index (Phi) is 5.71. The number of hydrogen-bond acceptors (Lipinski definition) is 2. The maximum absolute atomic E-state index is 5.97. The van der Waals surface area contributed by atoms with Gasteiger partial charge in [0, 0.05) is 30.7 Å². The van der Waals surface area contributed by atoms with Crippen LogP contribution in [-0.2, 0) is 6.54 Å². The highest BCUT2D eigenvalue weighted by Gasteiger charge is 2.20. The van der Waals surface area contributed by atoms with Gasteiger partial charge < -0.3 is 5.32 Å². The highest BCUT2D eigenvalue weighted by Crippen LogP contribution is 2.25. The summed E-state index contributed by atoms with van der Waals surface area (Å²) in [6, 6.07) is 3.23. The first kappa shape index (κ1) is 14.9. The third kappa shape index (κ3) is 4.22. The van der Waals surface area contributed by atoms with E-state index in [1.54, 1.807) is 0 Å². The van der Waals surface area contributed by atoms with Gasteiger partial charge in [-0.2, -0.15) is 5.10 Å². The molecule has 108 valence electrons. The molecule has 3 atom stereocenters. The largest absolute Gasteiger partial charge is 0.308 e. The fraction of sp³-hybridized carbons (Fsp3) is 0.800. The second-order valence-electron chi connectivity index (χ2n) is 5.81. The predicted molar refractivity (Wildman–Crippen MR) is 80.5 cm³/mol. The molecule has 19 heavy (non-hydrogen) atoms. The Morgan fingerprint density at radius 1 is 1.53 bits per heavy atom. The number of aromatic nitrogens is 2. The van der Waals surface area contributed by atoms with Crippen molar-refractivity contribution in [1.29, 1.82) is 0 Å². The molecule has 1 aliphatic rings. The van der Waals surface area contributed by atoms with E-state index >= 15 is 0 Å². The van der Waals surface area contributed by atoms with E-state index in [1.807, 2.05) is 0 Å². The quantitative estimate of drug-likeness (QED) is 0.806. The molecule has 0 bridgehead atoms. The molecule has 1 saturated carbocycles. The first-order valence-corrected chi connectivity index (χ1v) is 8.09. The Morgan fingerprint density at radius 3 is 3.11 bits per heavy atom. The average Bonchev–Trinajstić information content (AvgIpc) is 2.93. The van der Waals surface area contributed by atoms with Crippen LogP contribution in [0.1, 0.15) is 57.7 Å². The Morgan fingerprint density at radius 2 is 2.37 bits per heavy atom. The van der Waals surface area contributed by atoms with Crippen molar-refractivity contribution in [3.63, 3.8) is 0 Å². The molecule has 1 aromatic rings. The van der Waals surface area contributed by atoms with Crippen LogP contribution in [0.25, 0.3) is 0 Å². The molecule has 1 heterocycles. The summed E-state index contributed by atoms with van der Waals surface area (Å²) >= 11 is 5.97. The molecule has 4 heteroatoms. The summed E-state index contributed by atoms with van der Waals surface area (Å²) in [6.07, 6.45) is 8.30. The minimum Gasteiger partial charge on any atom is -0.308 e. The van der Waals surface area contributed by atoms with Gasteiger partial charge >= 0.3 is 0 Å². The van der Waals surface area contributed by atoms with Crippen LogP contribution in [-0.4, -0.2) is 21.7 Å². The molecule has 0 spiro atoms. The third-order valence-electron chi connectivity index (χ3n) is 4.28. The summed E-state index contributed by atoms with van der Waals surface area (Å²) in [5, 5.41) is 8.27. The number of alkyl halides is 1. The summed E-state index contributed by atoms with van der Waals surface area (Å²) in [7, 11) is 0. The van der Waals surface area contributed by atoms with Crippen LogP contribution in [0.15, 0.2) is 12.3 Å². The fourth-order valence-electron chi connectivity index (χ4n) is 2.77. The van der Waals surface area contributed by atoms with E-state index in [0.717, 1.165) is 24.5 Å². The first-order chi connectivity index (χ1) is 9.22. The van der Waals surface area contributed by atoms with Gasteiger partial charge in [-0.3, -0.25) is 4.68 Å². The highest BCUT2D eigenvalue weighted by molar-refractivity contribution is 6.18. The summed E-state index contributed by atoms with van der Waals surface area (Å²) in [4.78, 5) is 0. The van der Waals surface area contributed by atoms with Gasteiger partial charge in [0.1, 0.15) is 0 Å². The van der Waals surface area contributed by atoms with Crippen molar-refractivity contribution >= 4 is 11.6 Å². The normalized spacial score (nSPS) is 25.4. The molecule has 3 unspecified atom stereocenters. The molecule has 2 rings (SSSR count). The third-order valence-corrected chi connectivity index (χ3v) is 4.72. The summed E-state index contributed by atoms with van der Waals surface area (Å²) < 4.78 is 2.07. The van der Waals surface area contributed by atoms with Crippen molar-refractivity contribution in [2.45, 2.75) is 64.6 Å². The van der Waals surface area contributed by atoms with Gasteiger partial charge in [-0.25, -0.2) is 0 Å². The molecule has 1 fully saturated rings. The van der Waals surface area contributed by atoms with Crippen molar-refractivity contribution < 1.29 is 0 Å². The van der Waals surface area contributed by atoms with E-state index < -0.39 is 0 Å². The van der Waals surface area contributed by atoms with Crippen molar-refractivity contribution in [3.05, 3.63) is 18.0 Å². The first-order valence-electron chi connectivity index (χ1n) is 7.56. The van der Waals surface area contributed by atoms with Crippen LogP contribution in [0.2, 0.25) is 0 Å². The Bertz CT molecular complexity index is 377. The highest BCUT2D eigenvalue weighted by atomic mass is 35.5. The van der Waals surface area contributed by atoms with Gasteiger partial charge in [0.15, 0.2) is 0 Å². The molecule has 0 radical (unpaired) electrons. The van der Waals surface area contributed by atoms with Crippen molar-refractivity contribution in [3.8, 4) is 0 Å². The summed E-state index contributed by atoms with van der Waals surface area (Å²) in [6.45, 7) is 5.28. The molecule has 0 amide bonds. The van der Waals surface area contributed by atoms with Crippen LogP contribution in [0.5, 0.6) is 0 Å². The predicted octanol–water partition coefficient (Wildman–Crippen LogP) is 3.74. The van der Waals surface area contributed by atoms with Gasteiger partial charge in [0.25, 0.3) is 0 Å². The van der Waals surface area contributed by atoms with Crippen molar-refractivity contribution in [2.24, 2.45) is 5.92 Å². The lowest BCUT2D eigenvalue weighted by Gasteiger charge is -2.28. The number of nitrogens with zero attached hydrogens (tertiary/aromatic N) is 2. The standard InChI is InChI=1S/C15H26ClN3/c1-3-12(2)19-8-7-15(18-19)11-17-14-6-4-5-13(9-14)10-16/h7-8,12-14,17H,3-6,9-11H2,1-2H3. The van der Waals surface area contributed by atoms with Crippen molar-refractivity contribution in [1.82, 2.24) is 15.1 Å². The molecule has 0 saturated heterocycles. The number of hydrogen-bond donors (Lipinski definition) is 1. The zero-order chi connectivity index (χ0) is 13.7. The van der Waals surface area contributed by atoms with Gasteiger partial charge in [-0.15, -0.1) is 11.6 Å². The van der Waals surface area contributed by atoms with Crippen LogP contribution in [0.3, 0.4) is 0 Å². The molecular formula is C15H26ClN3. The van der Waals surface area contributed by atoms with E-state index in [-0.39, 0.29) is 0 Å². The second-order valence-corrected chi connectivity index (χ2v) is 6.12. The zero-order valence-corrected chi connectivity index (χ0v) is 12.9. The van der Waals surface area contributed by atoms with E-state index in [1.165, 1.54) is 25.7 Å². The van der Waals surface area contributed by atoms with E-state index in [2.05, 4.69) is 41.2 Å². The second kappa shape index (κ2) is 7.30. The van der Waals surface area contributed by atoms with Gasteiger partial charge in [0.05, 0.1) is 5.69 Å². The van der Waals surface area contributed by atoms with Crippen LogP contribution >= 0.6 is 11.6 Å². The van der Waals surface area contributed by atoms with Crippen LogP contribution < -0.4 is 5.32 Å². The number of nitrogens with one attached hydrogen (secondary N) is 1. The minimum absolute atomic E-state index is 0.490. The molecule has 3 nitrogen and oxygen atoms in total. The van der Waals surface area contributed by atoms with Gasteiger partial charge in [-0.1, -0.05) is 13.3 Å². The molecule has 0 aromatic carbocycles. The fourth-order valence-corrected chi connectivity index (χ4v) is 3.05. The van der Waals surface area contributed by atoms with Gasteiger partial charge in [0.2, 0.25) is 0 Å². The molecular weight excluding hydrogens is 258 g/mol. The number of rotatable bonds is 6. The summed E-state index contributed by atoms with van der Waals surface area (Å²) in [5.41, 5.74) is 1.15. The lowest BCUT2D eigenvalue weighted by molar-refractivity contribution is 0.302. The molecule has 0 aliphatic heterocycles. The van der Waals surface area contributed by atoms with Crippen LogP contribution in [0.4, 0.5) is 0 Å². The maximum atomic E-state index is 5.97. The topological polar surface area (TPSA) is 29.9 Å². The lowest BCUT2D eigenvalue weighted by Crippen LogP contribution is -2.34. The average molecular weight is 284 g/mol. The Balaban J connectivity index is 1.80. The smallest absolute Gasteiger partial charge is 0.0762 e. The minimum atomic E-state index is 0.490. The Labute approximate surface area is 121 Å². The van der Waals surface area contributed by atoms with E-state index in [9.17, 15) is 0 Å². The zero-order valence-electron chi connectivity index (χ0n) is 12.1. The molecule has 1 N–H and O–H groups in total. The monoisotopic (exact) mass is 283 g/mol. The van der Waals surface area contributed by atoms with Crippen molar-refractivity contribution in [2.75, 3.05) is 5.88 Å². The molecule has 1 aliphatic carbocycles. The van der Waals surface area contributed by atoms with E-state index in [4.69, 9.17) is 11.6 Å². The van der Waals surface area contributed by atoms with Gasteiger partial charge in [-0.05, 0) is 44.6 Å². The number of halogens is 1. The summed E-state index contributed by atoms with van der Waals surface area (Å²) in [5.74, 6) is 1.51. The van der Waals surface area contributed by atoms with Crippen LogP contribution in [0, 0.1) is 5.92 Å². The lowest BCUT2D eigenvalue weighted by atomic mass is 9.87. The Hall–Kier alpha value is -0.540. The molecule has 1 aromatic heterocycles.